The summed E-state index contributed by atoms with van der Waals surface area (Å²) in [4.78, 5) is 40.1. The van der Waals surface area contributed by atoms with Crippen LogP contribution in [0.3, 0.4) is 0 Å². The van der Waals surface area contributed by atoms with E-state index in [9.17, 15) is 14.4 Å². The van der Waals surface area contributed by atoms with Gasteiger partial charge in [0.25, 0.3) is 5.56 Å². The lowest BCUT2D eigenvalue weighted by atomic mass is 10.4. The van der Waals surface area contributed by atoms with E-state index in [4.69, 9.17) is 0 Å². The Morgan fingerprint density at radius 2 is 2.32 bits per heavy atom. The Morgan fingerprint density at radius 1 is 1.53 bits per heavy atom. The molecule has 2 aromatic heterocycles. The molecule has 0 radical (unpaired) electrons. The summed E-state index contributed by atoms with van der Waals surface area (Å²) in [7, 11) is 0. The van der Waals surface area contributed by atoms with Crippen LogP contribution in [0.25, 0.3) is 0 Å². The number of carbonyl (C=O) groups is 1. The average molecular weight is 280 g/mol. The Balaban J connectivity index is 1.93. The zero-order valence-corrected chi connectivity index (χ0v) is 11.0. The minimum atomic E-state index is -0.523. The fourth-order valence-corrected chi connectivity index (χ4v) is 2.14. The Labute approximate surface area is 111 Å². The van der Waals surface area contributed by atoms with Crippen molar-refractivity contribution in [3.63, 3.8) is 0 Å². The molecule has 0 unspecified atom stereocenters. The molecule has 2 rings (SSSR count). The molecular formula is C11H12N4O3S. The molecule has 1 amide bonds. The van der Waals surface area contributed by atoms with Crippen LogP contribution in [0.2, 0.25) is 0 Å². The lowest BCUT2D eigenvalue weighted by molar-refractivity contribution is -0.116. The topological polar surface area (TPSA) is 96.9 Å². The van der Waals surface area contributed by atoms with E-state index in [-0.39, 0.29) is 18.9 Å². The number of anilines is 1. The van der Waals surface area contributed by atoms with E-state index in [2.05, 4.69) is 15.3 Å². The van der Waals surface area contributed by atoms with Crippen molar-refractivity contribution in [3.05, 3.63) is 44.2 Å². The maximum Gasteiger partial charge on any atom is 0.328 e. The molecule has 8 heteroatoms. The third-order valence-corrected chi connectivity index (χ3v) is 3.22. The fraction of sp³-hybridized carbons (Fsp3) is 0.273. The predicted molar refractivity (Wildman–Crippen MR) is 71.4 cm³/mol. The van der Waals surface area contributed by atoms with Gasteiger partial charge in [-0.15, -0.1) is 11.3 Å². The number of hydrogen-bond donors (Lipinski definition) is 2. The van der Waals surface area contributed by atoms with Gasteiger partial charge in [-0.2, -0.15) is 0 Å². The second kappa shape index (κ2) is 5.61. The largest absolute Gasteiger partial charge is 0.328 e. The van der Waals surface area contributed by atoms with E-state index in [0.29, 0.717) is 5.13 Å². The number of aromatic nitrogens is 3. The molecule has 0 aromatic carbocycles. The fourth-order valence-electron chi connectivity index (χ4n) is 1.44. The molecule has 0 aliphatic rings. The zero-order chi connectivity index (χ0) is 13.8. The van der Waals surface area contributed by atoms with Crippen LogP contribution in [0.1, 0.15) is 12.1 Å². The molecule has 0 saturated carbocycles. The number of amides is 1. The third kappa shape index (κ3) is 3.62. The van der Waals surface area contributed by atoms with Crippen molar-refractivity contribution in [1.29, 1.82) is 0 Å². The number of H-pyrrole nitrogens is 1. The van der Waals surface area contributed by atoms with Crippen molar-refractivity contribution in [1.82, 2.24) is 14.5 Å². The molecule has 2 aromatic rings. The highest BCUT2D eigenvalue weighted by Gasteiger charge is 2.06. The summed E-state index contributed by atoms with van der Waals surface area (Å²) < 4.78 is 1.27. The predicted octanol–water partition coefficient (Wildman–Crippen LogP) is 0.330. The van der Waals surface area contributed by atoms with E-state index >= 15 is 0 Å². The van der Waals surface area contributed by atoms with E-state index < -0.39 is 11.2 Å². The number of thiazole rings is 1. The lowest BCUT2D eigenvalue weighted by Crippen LogP contribution is -2.29. The summed E-state index contributed by atoms with van der Waals surface area (Å²) in [6.45, 7) is 2.04. The van der Waals surface area contributed by atoms with E-state index in [1.807, 2.05) is 12.3 Å². The quantitative estimate of drug-likeness (QED) is 0.843. The molecule has 0 atom stereocenters. The first-order chi connectivity index (χ1) is 9.04. The zero-order valence-electron chi connectivity index (χ0n) is 10.2. The number of aryl methyl sites for hydroxylation is 2. The Hall–Kier alpha value is -2.22. The van der Waals surface area contributed by atoms with Gasteiger partial charge in [0.1, 0.15) is 0 Å². The Kier molecular flexibility index (Phi) is 3.91. The molecule has 0 bridgehead atoms. The smallest absolute Gasteiger partial charge is 0.302 e. The van der Waals surface area contributed by atoms with Crippen molar-refractivity contribution in [2.75, 3.05) is 5.32 Å². The summed E-state index contributed by atoms with van der Waals surface area (Å²) in [5, 5.41) is 5.02. The molecule has 0 fully saturated rings. The van der Waals surface area contributed by atoms with Gasteiger partial charge in [-0.25, -0.2) is 9.78 Å². The normalized spacial score (nSPS) is 10.4. The van der Waals surface area contributed by atoms with E-state index in [1.165, 1.54) is 28.2 Å². The van der Waals surface area contributed by atoms with Crippen LogP contribution in [0, 0.1) is 6.92 Å². The molecular weight excluding hydrogens is 268 g/mol. The number of nitrogens with one attached hydrogen (secondary N) is 2. The SMILES string of the molecule is Cc1csc(NC(=O)CCn2ccc(=O)[nH]c2=O)n1. The van der Waals surface area contributed by atoms with Crippen molar-refractivity contribution >= 4 is 22.4 Å². The number of carbonyl (C=O) groups excluding carboxylic acids is 1. The average Bonchev–Trinajstić information content (AvgIpc) is 2.73. The van der Waals surface area contributed by atoms with Crippen LogP contribution in [-0.2, 0) is 11.3 Å². The van der Waals surface area contributed by atoms with Gasteiger partial charge in [0.2, 0.25) is 5.91 Å². The van der Waals surface area contributed by atoms with Crippen LogP contribution in [0.5, 0.6) is 0 Å². The monoisotopic (exact) mass is 280 g/mol. The highest BCUT2D eigenvalue weighted by Crippen LogP contribution is 2.14. The van der Waals surface area contributed by atoms with Crippen LogP contribution in [-0.4, -0.2) is 20.4 Å². The third-order valence-electron chi connectivity index (χ3n) is 2.34. The highest BCUT2D eigenvalue weighted by atomic mass is 32.1. The molecule has 0 aliphatic heterocycles. The second-order valence-corrected chi connectivity index (χ2v) is 4.75. The summed E-state index contributed by atoms with van der Waals surface area (Å²) in [6, 6.07) is 1.24. The molecule has 2 N–H and O–H groups in total. The molecule has 2 heterocycles. The molecule has 0 saturated heterocycles. The van der Waals surface area contributed by atoms with Gasteiger partial charge in [0.05, 0.1) is 5.69 Å². The minimum absolute atomic E-state index is 0.130. The van der Waals surface area contributed by atoms with Gasteiger partial charge in [0.15, 0.2) is 5.13 Å². The first-order valence-corrected chi connectivity index (χ1v) is 6.44. The first kappa shape index (κ1) is 13.2. The Bertz CT molecular complexity index is 700. The maximum atomic E-state index is 11.6. The van der Waals surface area contributed by atoms with Crippen LogP contribution in [0.4, 0.5) is 5.13 Å². The second-order valence-electron chi connectivity index (χ2n) is 3.90. The maximum absolute atomic E-state index is 11.6. The van der Waals surface area contributed by atoms with Gasteiger partial charge in [-0.3, -0.25) is 14.6 Å². The van der Waals surface area contributed by atoms with Crippen molar-refractivity contribution < 1.29 is 4.79 Å². The number of nitrogens with zero attached hydrogens (tertiary/aromatic N) is 2. The van der Waals surface area contributed by atoms with Crippen molar-refractivity contribution in [2.45, 2.75) is 19.9 Å². The summed E-state index contributed by atoms with van der Waals surface area (Å²) in [5.41, 5.74) is -0.133. The van der Waals surface area contributed by atoms with E-state index in [0.717, 1.165) is 5.69 Å². The van der Waals surface area contributed by atoms with Gasteiger partial charge in [-0.05, 0) is 6.92 Å². The molecule has 7 nitrogen and oxygen atoms in total. The van der Waals surface area contributed by atoms with Crippen LogP contribution < -0.4 is 16.6 Å². The summed E-state index contributed by atoms with van der Waals surface area (Å²) >= 11 is 1.35. The summed E-state index contributed by atoms with van der Waals surface area (Å²) in [5.74, 6) is -0.229. The standard InChI is InChI=1S/C11H12N4O3S/c1-7-6-19-10(12-7)13-8(16)2-4-15-5-3-9(17)14-11(15)18/h3,5-6H,2,4H2,1H3,(H,12,13,16)(H,14,17,18). The van der Waals surface area contributed by atoms with Gasteiger partial charge in [0, 0.05) is 30.6 Å². The number of rotatable bonds is 4. The molecule has 0 spiro atoms. The van der Waals surface area contributed by atoms with E-state index in [1.54, 1.807) is 0 Å². The van der Waals surface area contributed by atoms with Crippen LogP contribution in [0.15, 0.2) is 27.2 Å². The van der Waals surface area contributed by atoms with Gasteiger partial charge in [-0.1, -0.05) is 0 Å². The number of hydrogen-bond acceptors (Lipinski definition) is 5. The molecule has 0 aliphatic carbocycles. The Morgan fingerprint density at radius 3 is 2.95 bits per heavy atom. The van der Waals surface area contributed by atoms with Gasteiger partial charge >= 0.3 is 5.69 Å². The number of aromatic amines is 1. The summed E-state index contributed by atoms with van der Waals surface area (Å²) in [6.07, 6.45) is 1.49. The van der Waals surface area contributed by atoms with Gasteiger partial charge < -0.3 is 9.88 Å². The van der Waals surface area contributed by atoms with Crippen LogP contribution >= 0.6 is 11.3 Å². The highest BCUT2D eigenvalue weighted by molar-refractivity contribution is 7.13. The first-order valence-electron chi connectivity index (χ1n) is 5.56. The minimum Gasteiger partial charge on any atom is -0.302 e. The van der Waals surface area contributed by atoms with Crippen molar-refractivity contribution in [3.8, 4) is 0 Å². The van der Waals surface area contributed by atoms with Crippen molar-refractivity contribution in [2.24, 2.45) is 0 Å². The lowest BCUT2D eigenvalue weighted by Gasteiger charge is -2.04. The molecule has 19 heavy (non-hydrogen) atoms. The molecule has 100 valence electrons.